The monoisotopic (exact) mass is 488 g/mol. The van der Waals surface area contributed by atoms with Gasteiger partial charge in [0.2, 0.25) is 0 Å². The maximum atomic E-state index is 11.0. The van der Waals surface area contributed by atoms with E-state index in [4.69, 9.17) is 32.7 Å². The number of fused-ring (bicyclic) bond motifs is 1. The third kappa shape index (κ3) is 4.23. The lowest BCUT2D eigenvalue weighted by atomic mass is 10.0. The highest BCUT2D eigenvalue weighted by Crippen LogP contribution is 2.38. The maximum Gasteiger partial charge on any atom is 0.173 e. The van der Waals surface area contributed by atoms with Gasteiger partial charge in [-0.2, -0.15) is 5.10 Å². The predicted molar refractivity (Wildman–Crippen MR) is 135 cm³/mol. The Bertz CT molecular complexity index is 1510. The summed E-state index contributed by atoms with van der Waals surface area (Å²) >= 11 is 12.8. The number of rotatable bonds is 6. The number of aromatic nitrogens is 2. The van der Waals surface area contributed by atoms with Crippen LogP contribution in [-0.4, -0.2) is 23.2 Å². The Kier molecular flexibility index (Phi) is 5.97. The van der Waals surface area contributed by atoms with Gasteiger partial charge in [-0.1, -0.05) is 41.4 Å². The fraction of sp³-hybridized carbons (Fsp3) is 0.0370. The van der Waals surface area contributed by atoms with Crippen LogP contribution in [0.25, 0.3) is 27.7 Å². The van der Waals surface area contributed by atoms with E-state index in [0.717, 1.165) is 28.4 Å². The third-order valence-electron chi connectivity index (χ3n) is 5.44. The molecule has 5 aromatic rings. The van der Waals surface area contributed by atoms with Gasteiger partial charge in [-0.05, 0) is 71.4 Å². The minimum atomic E-state index is 0.501. The first-order chi connectivity index (χ1) is 16.6. The number of hydrogen-bond acceptors (Lipinski definition) is 4. The molecule has 34 heavy (non-hydrogen) atoms. The van der Waals surface area contributed by atoms with Gasteiger partial charge >= 0.3 is 0 Å². The number of hydrogen-bond donors (Lipinski definition) is 0. The fourth-order valence-corrected chi connectivity index (χ4v) is 4.11. The molecular weight excluding hydrogens is 471 g/mol. The van der Waals surface area contributed by atoms with Crippen molar-refractivity contribution in [2.45, 2.75) is 0 Å². The van der Waals surface area contributed by atoms with Crippen molar-refractivity contribution >= 4 is 40.3 Å². The van der Waals surface area contributed by atoms with Gasteiger partial charge in [0.25, 0.3) is 0 Å². The zero-order valence-electron chi connectivity index (χ0n) is 18.0. The summed E-state index contributed by atoms with van der Waals surface area (Å²) in [5, 5.41) is 7.69. The number of ether oxygens (including phenoxy) is 2. The average Bonchev–Trinajstić information content (AvgIpc) is 3.28. The summed E-state index contributed by atoms with van der Waals surface area (Å²) in [5.41, 5.74) is 2.79. The molecular formula is C27H18Cl2N2O3. The van der Waals surface area contributed by atoms with Crippen molar-refractivity contribution < 1.29 is 14.3 Å². The van der Waals surface area contributed by atoms with Crippen molar-refractivity contribution in [3.05, 3.63) is 101 Å². The van der Waals surface area contributed by atoms with Crippen LogP contribution in [0.3, 0.4) is 0 Å². The van der Waals surface area contributed by atoms with Gasteiger partial charge in [0.1, 0.15) is 23.5 Å². The minimum Gasteiger partial charge on any atom is -0.497 e. The van der Waals surface area contributed by atoms with Crippen molar-refractivity contribution in [1.29, 1.82) is 0 Å². The minimum absolute atomic E-state index is 0.501. The molecule has 0 saturated carbocycles. The van der Waals surface area contributed by atoms with Crippen molar-refractivity contribution in [2.75, 3.05) is 7.11 Å². The predicted octanol–water partition coefficient (Wildman–Crippen LogP) is 7.61. The third-order valence-corrected chi connectivity index (χ3v) is 5.99. The number of nitrogens with zero attached hydrogens (tertiary/aromatic N) is 2. The average molecular weight is 489 g/mol. The van der Waals surface area contributed by atoms with E-state index in [-0.39, 0.29) is 0 Å². The summed E-state index contributed by atoms with van der Waals surface area (Å²) in [6.45, 7) is 0. The molecule has 0 atom stereocenters. The highest BCUT2D eigenvalue weighted by molar-refractivity contribution is 6.34. The first-order valence-electron chi connectivity index (χ1n) is 10.4. The van der Waals surface area contributed by atoms with Crippen molar-refractivity contribution in [1.82, 2.24) is 9.78 Å². The molecule has 0 amide bonds. The van der Waals surface area contributed by atoms with E-state index in [2.05, 4.69) is 11.2 Å². The van der Waals surface area contributed by atoms with Gasteiger partial charge in [-0.3, -0.25) is 4.79 Å². The summed E-state index contributed by atoms with van der Waals surface area (Å²) in [6.07, 6.45) is 2.43. The molecule has 0 aliphatic rings. The lowest BCUT2D eigenvalue weighted by molar-refractivity contribution is 0.112. The zero-order valence-corrected chi connectivity index (χ0v) is 19.5. The summed E-state index contributed by atoms with van der Waals surface area (Å²) < 4.78 is 13.3. The molecule has 4 aromatic carbocycles. The first kappa shape index (κ1) is 22.0. The second-order valence-corrected chi connectivity index (χ2v) is 8.43. The largest absolute Gasteiger partial charge is 0.497 e. The highest BCUT2D eigenvalue weighted by atomic mass is 35.5. The summed E-state index contributed by atoms with van der Waals surface area (Å²) in [4.78, 5) is 11.0. The normalized spacial score (nSPS) is 10.9. The highest BCUT2D eigenvalue weighted by Gasteiger charge is 2.19. The SMILES string of the molecule is COc1ccc2cc(-c3c(Oc4ccc(C=O)cc4)cnn3-c3cc(Cl)ccc3Cl)ccc2c1. The Labute approximate surface area is 206 Å². The number of methoxy groups -OCH3 is 1. The molecule has 1 heterocycles. The van der Waals surface area contributed by atoms with E-state index in [9.17, 15) is 4.79 Å². The van der Waals surface area contributed by atoms with E-state index in [1.807, 2.05) is 30.3 Å². The molecule has 5 nitrogen and oxygen atoms in total. The Morgan fingerprint density at radius 1 is 0.853 bits per heavy atom. The summed E-state index contributed by atoms with van der Waals surface area (Å²) in [5.74, 6) is 1.90. The van der Waals surface area contributed by atoms with Gasteiger partial charge in [-0.25, -0.2) is 4.68 Å². The van der Waals surface area contributed by atoms with Crippen LogP contribution in [0.4, 0.5) is 0 Å². The topological polar surface area (TPSA) is 53.4 Å². The number of halogens is 2. The Morgan fingerprint density at radius 3 is 2.35 bits per heavy atom. The molecule has 0 N–H and O–H groups in total. The Hall–Kier alpha value is -3.80. The van der Waals surface area contributed by atoms with Crippen LogP contribution in [0.15, 0.2) is 85.1 Å². The second-order valence-electron chi connectivity index (χ2n) is 7.58. The van der Waals surface area contributed by atoms with Gasteiger partial charge in [-0.15, -0.1) is 0 Å². The van der Waals surface area contributed by atoms with Crippen LogP contribution in [0.5, 0.6) is 17.2 Å². The quantitative estimate of drug-likeness (QED) is 0.230. The molecule has 0 aliphatic heterocycles. The van der Waals surface area contributed by atoms with Crippen molar-refractivity contribution in [2.24, 2.45) is 0 Å². The number of aldehydes is 1. The summed E-state index contributed by atoms with van der Waals surface area (Å²) in [7, 11) is 1.65. The number of benzene rings is 4. The van der Waals surface area contributed by atoms with Crippen LogP contribution < -0.4 is 9.47 Å². The molecule has 0 fully saturated rings. The first-order valence-corrected chi connectivity index (χ1v) is 11.2. The molecule has 0 bridgehead atoms. The molecule has 0 aliphatic carbocycles. The van der Waals surface area contributed by atoms with E-state index in [1.165, 1.54) is 0 Å². The molecule has 0 spiro atoms. The standard InChI is InChI=1S/C27H18Cl2N2O3/c1-33-23-10-6-18-12-20(5-4-19(18)13-23)27-26(34-22-8-2-17(16-32)3-9-22)15-30-31(27)25-14-21(28)7-11-24(25)29/h2-16H,1H3. The lowest BCUT2D eigenvalue weighted by Crippen LogP contribution is -2.01. The van der Waals surface area contributed by atoms with Crippen molar-refractivity contribution in [3.63, 3.8) is 0 Å². The molecule has 1 aromatic heterocycles. The second kappa shape index (κ2) is 9.21. The molecule has 7 heteroatoms. The van der Waals surface area contributed by atoms with Crippen LogP contribution >= 0.6 is 23.2 Å². The van der Waals surface area contributed by atoms with E-state index in [1.54, 1.807) is 60.5 Å². The Morgan fingerprint density at radius 2 is 1.59 bits per heavy atom. The van der Waals surface area contributed by atoms with E-state index >= 15 is 0 Å². The summed E-state index contributed by atoms with van der Waals surface area (Å²) in [6, 6.07) is 24.1. The fourth-order valence-electron chi connectivity index (χ4n) is 3.74. The number of carbonyl (C=O) groups is 1. The zero-order chi connectivity index (χ0) is 23.7. The maximum absolute atomic E-state index is 11.0. The molecule has 0 saturated heterocycles. The van der Waals surface area contributed by atoms with E-state index in [0.29, 0.717) is 38.5 Å². The van der Waals surface area contributed by atoms with Gasteiger partial charge < -0.3 is 9.47 Å². The van der Waals surface area contributed by atoms with Gasteiger partial charge in [0.15, 0.2) is 5.75 Å². The van der Waals surface area contributed by atoms with Crippen molar-refractivity contribution in [3.8, 4) is 34.2 Å². The lowest BCUT2D eigenvalue weighted by Gasteiger charge is -2.13. The van der Waals surface area contributed by atoms with Crippen LogP contribution in [0.1, 0.15) is 10.4 Å². The van der Waals surface area contributed by atoms with Gasteiger partial charge in [0, 0.05) is 16.1 Å². The molecule has 0 radical (unpaired) electrons. The molecule has 168 valence electrons. The Balaban J connectivity index is 1.67. The number of carbonyl (C=O) groups excluding carboxylic acids is 1. The smallest absolute Gasteiger partial charge is 0.173 e. The van der Waals surface area contributed by atoms with Gasteiger partial charge in [0.05, 0.1) is 24.0 Å². The van der Waals surface area contributed by atoms with Crippen LogP contribution in [0, 0.1) is 0 Å². The van der Waals surface area contributed by atoms with E-state index < -0.39 is 0 Å². The van der Waals surface area contributed by atoms with Crippen LogP contribution in [0.2, 0.25) is 10.0 Å². The van der Waals surface area contributed by atoms with Crippen LogP contribution in [-0.2, 0) is 0 Å². The molecule has 0 unspecified atom stereocenters. The molecule has 5 rings (SSSR count).